The summed E-state index contributed by atoms with van der Waals surface area (Å²) in [5, 5.41) is 9.26. The molecule has 13 heteroatoms. The second kappa shape index (κ2) is 10.5. The molecule has 2 aliphatic rings. The smallest absolute Gasteiger partial charge is 0.329 e. The van der Waals surface area contributed by atoms with Crippen LogP contribution in [0.3, 0.4) is 0 Å². The number of aromatic amines is 1. The lowest BCUT2D eigenvalue weighted by Crippen LogP contribution is -2.38. The number of H-pyrrole nitrogens is 1. The van der Waals surface area contributed by atoms with Crippen molar-refractivity contribution in [2.45, 2.75) is 50.5 Å². The van der Waals surface area contributed by atoms with E-state index in [9.17, 15) is 14.4 Å². The summed E-state index contributed by atoms with van der Waals surface area (Å²) in [6, 6.07) is 0. The molecule has 2 aromatic heterocycles. The number of nitrogens with one attached hydrogen (secondary N) is 1. The van der Waals surface area contributed by atoms with E-state index in [1.807, 2.05) is 11.5 Å². The number of nitrogen functional groups attached to an aromatic ring is 1. The molecule has 0 bridgehead atoms. The van der Waals surface area contributed by atoms with E-state index < -0.39 is 17.0 Å². The number of ether oxygens (including phenoxy) is 2. The number of carbonyl (C=O) groups is 1. The van der Waals surface area contributed by atoms with Gasteiger partial charge < -0.3 is 20.1 Å². The highest BCUT2D eigenvalue weighted by Gasteiger charge is 2.26. The van der Waals surface area contributed by atoms with Crippen molar-refractivity contribution in [3.8, 4) is 0 Å². The Hall–Kier alpha value is -2.64. The molecular weight excluding hydrogens is 450 g/mol. The zero-order valence-electron chi connectivity index (χ0n) is 18.6. The molecular formula is C20H29N7O5S. The normalized spacial score (nSPS) is 18.7. The fraction of sp³-hybridized carbons (Fsp3) is 0.650. The van der Waals surface area contributed by atoms with Crippen molar-refractivity contribution in [1.29, 1.82) is 0 Å². The number of Topliss-reactive ketones (excluding diaryl/α,β-unsaturated/α-hetero) is 1. The Labute approximate surface area is 194 Å². The van der Waals surface area contributed by atoms with Crippen molar-refractivity contribution in [2.24, 2.45) is 0 Å². The first kappa shape index (κ1) is 23.5. The first-order valence-electron chi connectivity index (χ1n) is 11.2. The maximum absolute atomic E-state index is 12.9. The summed E-state index contributed by atoms with van der Waals surface area (Å²) in [4.78, 5) is 41.6. The summed E-state index contributed by atoms with van der Waals surface area (Å²) < 4.78 is 14.4. The van der Waals surface area contributed by atoms with E-state index in [1.165, 1.54) is 16.3 Å². The fourth-order valence-electron chi connectivity index (χ4n) is 4.04. The van der Waals surface area contributed by atoms with Gasteiger partial charge in [-0.05, 0) is 19.3 Å². The lowest BCUT2D eigenvalue weighted by Gasteiger charge is -2.28. The van der Waals surface area contributed by atoms with Crippen LogP contribution in [0.1, 0.15) is 36.5 Å². The molecule has 1 atom stereocenters. The summed E-state index contributed by atoms with van der Waals surface area (Å²) in [5.74, 6) is 0.0801. The molecule has 0 aliphatic carbocycles. The zero-order valence-corrected chi connectivity index (χ0v) is 19.4. The molecule has 0 saturated carbocycles. The number of aromatic nitrogens is 5. The van der Waals surface area contributed by atoms with Crippen LogP contribution in [0, 0.1) is 0 Å². The molecule has 4 heterocycles. The number of carbonyl (C=O) groups excluding carboxylic acids is 1. The fourth-order valence-corrected chi connectivity index (χ4v) is 4.86. The molecule has 0 amide bonds. The second-order valence-electron chi connectivity index (χ2n) is 8.01. The number of ketones is 1. The number of rotatable bonds is 9. The van der Waals surface area contributed by atoms with Crippen LogP contribution >= 0.6 is 11.8 Å². The van der Waals surface area contributed by atoms with Gasteiger partial charge in [0.2, 0.25) is 5.95 Å². The summed E-state index contributed by atoms with van der Waals surface area (Å²) in [6.07, 6.45) is 2.66. The Morgan fingerprint density at radius 2 is 2.00 bits per heavy atom. The summed E-state index contributed by atoms with van der Waals surface area (Å²) >= 11 is 1.19. The van der Waals surface area contributed by atoms with Gasteiger partial charge in [0.25, 0.3) is 5.56 Å². The zero-order chi connectivity index (χ0) is 23.4. The molecule has 2 aromatic rings. The third-order valence-electron chi connectivity index (χ3n) is 5.70. The molecule has 33 heavy (non-hydrogen) atoms. The number of hydrogen-bond donors (Lipinski definition) is 2. The molecule has 3 N–H and O–H groups in total. The molecule has 0 radical (unpaired) electrons. The highest BCUT2D eigenvalue weighted by Crippen LogP contribution is 2.26. The Morgan fingerprint density at radius 1 is 1.21 bits per heavy atom. The first-order chi connectivity index (χ1) is 16.0. The molecule has 4 rings (SSSR count). The van der Waals surface area contributed by atoms with Gasteiger partial charge in [-0.15, -0.1) is 10.2 Å². The number of anilines is 2. The van der Waals surface area contributed by atoms with E-state index >= 15 is 0 Å². The van der Waals surface area contributed by atoms with Crippen molar-refractivity contribution in [3.05, 3.63) is 26.4 Å². The maximum Gasteiger partial charge on any atom is 0.329 e. The Bertz CT molecular complexity index is 1100. The van der Waals surface area contributed by atoms with Crippen molar-refractivity contribution < 1.29 is 14.3 Å². The highest BCUT2D eigenvalue weighted by molar-refractivity contribution is 7.99. The van der Waals surface area contributed by atoms with Crippen molar-refractivity contribution in [3.63, 3.8) is 0 Å². The van der Waals surface area contributed by atoms with Gasteiger partial charge in [-0.25, -0.2) is 4.79 Å². The molecule has 180 valence electrons. The predicted octanol–water partition coefficient (Wildman–Crippen LogP) is 0.111. The quantitative estimate of drug-likeness (QED) is 0.375. The molecule has 0 aromatic carbocycles. The minimum absolute atomic E-state index is 0.0620. The molecule has 12 nitrogen and oxygen atoms in total. The number of thioether (sulfide) groups is 1. The van der Waals surface area contributed by atoms with Gasteiger partial charge in [-0.2, -0.15) is 0 Å². The SMILES string of the molecule is CCCn1c(N)c(C(=O)CSc2nnc(N3CCOCC3)n2CC2CCCO2)c(=O)[nH]c1=O. The second-order valence-corrected chi connectivity index (χ2v) is 8.95. The lowest BCUT2D eigenvalue weighted by atomic mass is 10.2. The van der Waals surface area contributed by atoms with Crippen LogP contribution in [0.5, 0.6) is 0 Å². The number of morpholine rings is 1. The van der Waals surface area contributed by atoms with E-state index in [1.54, 1.807) is 0 Å². The van der Waals surface area contributed by atoms with Gasteiger partial charge in [-0.1, -0.05) is 18.7 Å². The van der Waals surface area contributed by atoms with E-state index in [-0.39, 0.29) is 23.2 Å². The molecule has 2 fully saturated rings. The van der Waals surface area contributed by atoms with Gasteiger partial charge in [0, 0.05) is 26.2 Å². The van der Waals surface area contributed by atoms with Crippen LogP contribution in [-0.2, 0) is 22.6 Å². The number of nitrogens with two attached hydrogens (primary N) is 1. The first-order valence-corrected chi connectivity index (χ1v) is 12.1. The lowest BCUT2D eigenvalue weighted by molar-refractivity contribution is 0.0942. The van der Waals surface area contributed by atoms with Crippen molar-refractivity contribution in [2.75, 3.05) is 49.3 Å². The molecule has 1 unspecified atom stereocenters. The Morgan fingerprint density at radius 3 is 2.70 bits per heavy atom. The van der Waals surface area contributed by atoms with E-state index in [4.69, 9.17) is 15.2 Å². The van der Waals surface area contributed by atoms with Crippen LogP contribution in [0.2, 0.25) is 0 Å². The monoisotopic (exact) mass is 479 g/mol. The van der Waals surface area contributed by atoms with E-state index in [2.05, 4.69) is 20.1 Å². The van der Waals surface area contributed by atoms with Crippen LogP contribution in [0.4, 0.5) is 11.8 Å². The summed E-state index contributed by atoms with van der Waals surface area (Å²) in [7, 11) is 0. The average Bonchev–Trinajstić information content (AvgIpc) is 3.46. The maximum atomic E-state index is 12.9. The topological polar surface area (TPSA) is 150 Å². The standard InChI is InChI=1S/C20H29N7O5S/c1-2-5-26-16(21)15(17(29)22-19(26)30)14(28)12-33-20-24-23-18(25-6-9-31-10-7-25)27(20)11-13-4-3-8-32-13/h13H,2-12,21H2,1H3,(H,22,29,30). The Balaban J connectivity index is 1.56. The Kier molecular flexibility index (Phi) is 7.50. The highest BCUT2D eigenvalue weighted by atomic mass is 32.2. The summed E-state index contributed by atoms with van der Waals surface area (Å²) in [5.41, 5.74) is 4.44. The van der Waals surface area contributed by atoms with Crippen LogP contribution in [0.25, 0.3) is 0 Å². The minimum atomic E-state index is -0.773. The van der Waals surface area contributed by atoms with Crippen LogP contribution in [-0.4, -0.2) is 74.9 Å². The van der Waals surface area contributed by atoms with Crippen molar-refractivity contribution >= 4 is 29.3 Å². The van der Waals surface area contributed by atoms with Gasteiger partial charge in [0.1, 0.15) is 11.4 Å². The number of hydrogen-bond acceptors (Lipinski definition) is 10. The summed E-state index contributed by atoms with van der Waals surface area (Å²) in [6.45, 7) is 6.15. The van der Waals surface area contributed by atoms with Gasteiger partial charge in [0.15, 0.2) is 10.9 Å². The predicted molar refractivity (Wildman–Crippen MR) is 123 cm³/mol. The third-order valence-corrected chi connectivity index (χ3v) is 6.67. The number of nitrogens with zero attached hydrogens (tertiary/aromatic N) is 5. The molecule has 0 spiro atoms. The van der Waals surface area contributed by atoms with Gasteiger partial charge in [-0.3, -0.25) is 23.7 Å². The minimum Gasteiger partial charge on any atom is -0.384 e. The average molecular weight is 480 g/mol. The third kappa shape index (κ3) is 5.14. The van der Waals surface area contributed by atoms with Crippen molar-refractivity contribution in [1.82, 2.24) is 24.3 Å². The largest absolute Gasteiger partial charge is 0.384 e. The van der Waals surface area contributed by atoms with Gasteiger partial charge in [0.05, 0.1) is 31.6 Å². The molecule has 2 aliphatic heterocycles. The van der Waals surface area contributed by atoms with E-state index in [0.717, 1.165) is 25.4 Å². The molecule has 2 saturated heterocycles. The van der Waals surface area contributed by atoms with Gasteiger partial charge >= 0.3 is 5.69 Å². The van der Waals surface area contributed by atoms with E-state index in [0.29, 0.717) is 51.0 Å². The van der Waals surface area contributed by atoms with Crippen LogP contribution < -0.4 is 21.9 Å². The van der Waals surface area contributed by atoms with Crippen LogP contribution in [0.15, 0.2) is 14.7 Å².